The summed E-state index contributed by atoms with van der Waals surface area (Å²) in [5.41, 5.74) is 2.64. The van der Waals surface area contributed by atoms with Gasteiger partial charge in [-0.3, -0.25) is 0 Å². The zero-order valence-corrected chi connectivity index (χ0v) is 10.7. The van der Waals surface area contributed by atoms with Crippen molar-refractivity contribution in [3.05, 3.63) is 42.0 Å². The smallest absolute Gasteiger partial charge is 0.0372 e. The molecule has 2 bridgehead atoms. The molecule has 0 heterocycles. The van der Waals surface area contributed by atoms with Crippen molar-refractivity contribution in [2.24, 2.45) is 17.8 Å². The van der Waals surface area contributed by atoms with Gasteiger partial charge in [-0.05, 0) is 56.1 Å². The van der Waals surface area contributed by atoms with Gasteiger partial charge in [-0.2, -0.15) is 0 Å². The molecule has 0 spiro atoms. The van der Waals surface area contributed by atoms with E-state index in [1.807, 2.05) is 0 Å². The van der Waals surface area contributed by atoms with Gasteiger partial charge in [0.15, 0.2) is 0 Å². The van der Waals surface area contributed by atoms with Crippen molar-refractivity contribution in [3.8, 4) is 0 Å². The Labute approximate surface area is 104 Å². The molecule has 1 nitrogen and oxygen atoms in total. The summed E-state index contributed by atoms with van der Waals surface area (Å²) in [6, 6.07) is 9.16. The summed E-state index contributed by atoms with van der Waals surface area (Å²) in [5, 5.41) is 3.70. The molecule has 17 heavy (non-hydrogen) atoms. The van der Waals surface area contributed by atoms with Crippen LogP contribution in [0.2, 0.25) is 0 Å². The molecule has 0 aromatic heterocycles. The highest BCUT2D eigenvalue weighted by Gasteiger charge is 2.38. The molecule has 1 saturated carbocycles. The summed E-state index contributed by atoms with van der Waals surface area (Å²) in [4.78, 5) is 0. The molecule has 4 unspecified atom stereocenters. The highest BCUT2D eigenvalue weighted by molar-refractivity contribution is 5.51. The van der Waals surface area contributed by atoms with Crippen LogP contribution < -0.4 is 5.32 Å². The molecule has 1 aromatic rings. The van der Waals surface area contributed by atoms with Crippen LogP contribution in [-0.2, 0) is 0 Å². The largest absolute Gasteiger partial charge is 0.382 e. The minimum Gasteiger partial charge on any atom is -0.382 e. The zero-order valence-electron chi connectivity index (χ0n) is 10.7. The first-order valence-electron chi connectivity index (χ1n) is 6.74. The Hall–Kier alpha value is -1.24. The number of nitrogens with one attached hydrogen (secondary N) is 1. The Morgan fingerprint density at radius 1 is 1.18 bits per heavy atom. The van der Waals surface area contributed by atoms with Crippen LogP contribution in [0, 0.1) is 24.7 Å². The molecule has 0 radical (unpaired) electrons. The molecule has 0 aliphatic heterocycles. The van der Waals surface area contributed by atoms with E-state index in [-0.39, 0.29) is 0 Å². The van der Waals surface area contributed by atoms with Crippen molar-refractivity contribution < 1.29 is 0 Å². The fraction of sp³-hybridized carbons (Fsp3) is 0.500. The lowest BCUT2D eigenvalue weighted by atomic mass is 9.87. The fourth-order valence-electron chi connectivity index (χ4n) is 3.49. The van der Waals surface area contributed by atoms with Crippen LogP contribution in [0.3, 0.4) is 0 Å². The van der Waals surface area contributed by atoms with Gasteiger partial charge in [0.25, 0.3) is 0 Å². The quantitative estimate of drug-likeness (QED) is 0.769. The van der Waals surface area contributed by atoms with E-state index in [1.165, 1.54) is 24.1 Å². The van der Waals surface area contributed by atoms with Gasteiger partial charge in [0.05, 0.1) is 0 Å². The van der Waals surface area contributed by atoms with Crippen molar-refractivity contribution in [2.75, 3.05) is 5.32 Å². The lowest BCUT2D eigenvalue weighted by Crippen LogP contribution is -2.29. The maximum Gasteiger partial charge on any atom is 0.0372 e. The number of hydrogen-bond acceptors (Lipinski definition) is 1. The Kier molecular flexibility index (Phi) is 2.70. The van der Waals surface area contributed by atoms with Crippen molar-refractivity contribution >= 4 is 5.69 Å². The SMILES string of the molecule is Cc1ccccc1NC(C)C1CC2C=CC1C2. The van der Waals surface area contributed by atoms with Gasteiger partial charge in [-0.15, -0.1) is 0 Å². The Morgan fingerprint density at radius 2 is 2.00 bits per heavy atom. The first-order chi connectivity index (χ1) is 8.24. The second-order valence-electron chi connectivity index (χ2n) is 5.69. The molecule has 0 amide bonds. The van der Waals surface area contributed by atoms with Crippen LogP contribution in [0.15, 0.2) is 36.4 Å². The second kappa shape index (κ2) is 4.21. The standard InChI is InChI=1S/C16H21N/c1-11-5-3-4-6-16(11)17-12(2)15-10-13-7-8-14(15)9-13/h3-8,12-15,17H,9-10H2,1-2H3. The van der Waals surface area contributed by atoms with E-state index in [2.05, 4.69) is 55.6 Å². The molecule has 1 aromatic carbocycles. The lowest BCUT2D eigenvalue weighted by Gasteiger charge is -2.27. The van der Waals surface area contributed by atoms with Gasteiger partial charge >= 0.3 is 0 Å². The number of fused-ring (bicyclic) bond motifs is 2. The van der Waals surface area contributed by atoms with Crippen LogP contribution in [0.25, 0.3) is 0 Å². The summed E-state index contributed by atoms with van der Waals surface area (Å²) in [6.45, 7) is 4.52. The predicted octanol–water partition coefficient (Wildman–Crippen LogP) is 4.01. The molecule has 1 N–H and O–H groups in total. The predicted molar refractivity (Wildman–Crippen MR) is 73.1 cm³/mol. The topological polar surface area (TPSA) is 12.0 Å². The molecular formula is C16H21N. The van der Waals surface area contributed by atoms with Gasteiger partial charge < -0.3 is 5.32 Å². The Balaban J connectivity index is 1.70. The van der Waals surface area contributed by atoms with Crippen LogP contribution in [-0.4, -0.2) is 6.04 Å². The molecular weight excluding hydrogens is 206 g/mol. The molecule has 90 valence electrons. The molecule has 0 saturated heterocycles. The fourth-order valence-corrected chi connectivity index (χ4v) is 3.49. The van der Waals surface area contributed by atoms with E-state index in [0.29, 0.717) is 6.04 Å². The lowest BCUT2D eigenvalue weighted by molar-refractivity contribution is 0.400. The van der Waals surface area contributed by atoms with Crippen LogP contribution >= 0.6 is 0 Å². The van der Waals surface area contributed by atoms with Crippen LogP contribution in [0.5, 0.6) is 0 Å². The summed E-state index contributed by atoms with van der Waals surface area (Å²) < 4.78 is 0. The van der Waals surface area contributed by atoms with Gasteiger partial charge in [0.1, 0.15) is 0 Å². The molecule has 1 fully saturated rings. The van der Waals surface area contributed by atoms with E-state index in [9.17, 15) is 0 Å². The van der Waals surface area contributed by atoms with E-state index in [4.69, 9.17) is 0 Å². The second-order valence-corrected chi connectivity index (χ2v) is 5.69. The van der Waals surface area contributed by atoms with Crippen molar-refractivity contribution in [1.29, 1.82) is 0 Å². The van der Waals surface area contributed by atoms with Crippen molar-refractivity contribution in [2.45, 2.75) is 32.7 Å². The minimum absolute atomic E-state index is 0.580. The molecule has 2 aliphatic rings. The van der Waals surface area contributed by atoms with E-state index < -0.39 is 0 Å². The summed E-state index contributed by atoms with van der Waals surface area (Å²) >= 11 is 0. The number of allylic oxidation sites excluding steroid dienone is 2. The van der Waals surface area contributed by atoms with Gasteiger partial charge in [-0.1, -0.05) is 30.4 Å². The summed E-state index contributed by atoms with van der Waals surface area (Å²) in [7, 11) is 0. The third-order valence-corrected chi connectivity index (χ3v) is 4.50. The maximum atomic E-state index is 3.70. The monoisotopic (exact) mass is 227 g/mol. The number of para-hydroxylation sites is 1. The number of aryl methyl sites for hydroxylation is 1. The minimum atomic E-state index is 0.580. The maximum absolute atomic E-state index is 3.70. The third-order valence-electron chi connectivity index (χ3n) is 4.50. The van der Waals surface area contributed by atoms with E-state index in [1.54, 1.807) is 0 Å². The Morgan fingerprint density at radius 3 is 2.65 bits per heavy atom. The van der Waals surface area contributed by atoms with Gasteiger partial charge in [-0.25, -0.2) is 0 Å². The first kappa shape index (κ1) is 10.9. The molecule has 3 rings (SSSR count). The van der Waals surface area contributed by atoms with Crippen LogP contribution in [0.4, 0.5) is 5.69 Å². The zero-order chi connectivity index (χ0) is 11.8. The van der Waals surface area contributed by atoms with Crippen molar-refractivity contribution in [1.82, 2.24) is 0 Å². The number of rotatable bonds is 3. The highest BCUT2D eigenvalue weighted by Crippen LogP contribution is 2.45. The van der Waals surface area contributed by atoms with Gasteiger partial charge in [0.2, 0.25) is 0 Å². The van der Waals surface area contributed by atoms with E-state index in [0.717, 1.165) is 17.8 Å². The summed E-state index contributed by atoms with van der Waals surface area (Å²) in [5.74, 6) is 2.52. The first-order valence-corrected chi connectivity index (χ1v) is 6.74. The number of anilines is 1. The van der Waals surface area contributed by atoms with E-state index >= 15 is 0 Å². The van der Waals surface area contributed by atoms with Crippen LogP contribution in [0.1, 0.15) is 25.3 Å². The Bertz CT molecular complexity index is 435. The summed E-state index contributed by atoms with van der Waals surface area (Å²) in [6.07, 6.45) is 7.63. The molecule has 2 aliphatic carbocycles. The van der Waals surface area contributed by atoms with Crippen molar-refractivity contribution in [3.63, 3.8) is 0 Å². The third kappa shape index (κ3) is 1.99. The number of hydrogen-bond donors (Lipinski definition) is 1. The molecule has 4 atom stereocenters. The average Bonchev–Trinajstić information content (AvgIpc) is 2.94. The average molecular weight is 227 g/mol. The normalized spacial score (nSPS) is 31.8. The van der Waals surface area contributed by atoms with Gasteiger partial charge in [0, 0.05) is 11.7 Å². The molecule has 1 heteroatoms. The highest BCUT2D eigenvalue weighted by atomic mass is 14.9. The number of benzene rings is 1.